The van der Waals surface area contributed by atoms with E-state index in [1.165, 1.54) is 6.42 Å². The molecule has 1 aromatic heterocycles. The number of hydrogen-bond acceptors (Lipinski definition) is 3. The van der Waals surface area contributed by atoms with Crippen molar-refractivity contribution in [2.24, 2.45) is 16.8 Å². The lowest BCUT2D eigenvalue weighted by Crippen LogP contribution is -2.45. The first-order valence-electron chi connectivity index (χ1n) is 10.1. The monoisotopic (exact) mass is 395 g/mol. The van der Waals surface area contributed by atoms with E-state index in [0.29, 0.717) is 11.1 Å². The van der Waals surface area contributed by atoms with Gasteiger partial charge in [0.25, 0.3) is 0 Å². The van der Waals surface area contributed by atoms with E-state index in [1.807, 2.05) is 19.2 Å². The molecule has 28 heavy (non-hydrogen) atoms. The minimum Gasteiger partial charge on any atom is -0.356 e. The molecule has 4 unspecified atom stereocenters. The SMILES string of the molecule is CN=C(NCC1C2Cc3ccccc3C12)NC1CCN(c2ncccc2Cl)C1. The van der Waals surface area contributed by atoms with E-state index in [-0.39, 0.29) is 0 Å². The van der Waals surface area contributed by atoms with Crippen LogP contribution in [0.4, 0.5) is 5.82 Å². The van der Waals surface area contributed by atoms with E-state index in [2.05, 4.69) is 49.8 Å². The van der Waals surface area contributed by atoms with Gasteiger partial charge in [-0.3, -0.25) is 4.99 Å². The molecule has 1 saturated carbocycles. The second-order valence-electron chi connectivity index (χ2n) is 8.09. The highest BCUT2D eigenvalue weighted by atomic mass is 35.5. The zero-order valence-electron chi connectivity index (χ0n) is 16.1. The highest BCUT2D eigenvalue weighted by Crippen LogP contribution is 2.60. The molecule has 2 fully saturated rings. The predicted octanol–water partition coefficient (Wildman–Crippen LogP) is 3.06. The van der Waals surface area contributed by atoms with Gasteiger partial charge in [0.15, 0.2) is 5.96 Å². The Hall–Kier alpha value is -2.27. The largest absolute Gasteiger partial charge is 0.356 e. The molecule has 146 valence electrons. The third-order valence-corrected chi connectivity index (χ3v) is 6.79. The number of fused-ring (bicyclic) bond motifs is 3. The van der Waals surface area contributed by atoms with Crippen LogP contribution in [0.2, 0.25) is 5.02 Å². The van der Waals surface area contributed by atoms with Crippen LogP contribution in [-0.2, 0) is 6.42 Å². The second-order valence-corrected chi connectivity index (χ2v) is 8.50. The van der Waals surface area contributed by atoms with Crippen LogP contribution in [0.5, 0.6) is 0 Å². The van der Waals surface area contributed by atoms with Crippen molar-refractivity contribution >= 4 is 23.4 Å². The molecule has 0 bridgehead atoms. The molecule has 2 aromatic rings. The van der Waals surface area contributed by atoms with Crippen molar-refractivity contribution in [2.75, 3.05) is 31.6 Å². The Kier molecular flexibility index (Phi) is 4.63. The maximum atomic E-state index is 6.30. The van der Waals surface area contributed by atoms with Crippen LogP contribution in [0.25, 0.3) is 0 Å². The number of aromatic nitrogens is 1. The van der Waals surface area contributed by atoms with Gasteiger partial charge < -0.3 is 15.5 Å². The van der Waals surface area contributed by atoms with E-state index >= 15 is 0 Å². The molecule has 5 rings (SSSR count). The summed E-state index contributed by atoms with van der Waals surface area (Å²) in [6.07, 6.45) is 4.09. The minimum atomic E-state index is 0.351. The van der Waals surface area contributed by atoms with E-state index in [0.717, 1.165) is 55.6 Å². The smallest absolute Gasteiger partial charge is 0.191 e. The molecule has 0 amide bonds. The number of benzene rings is 1. The van der Waals surface area contributed by atoms with Crippen molar-refractivity contribution in [3.8, 4) is 0 Å². The molecule has 3 aliphatic rings. The zero-order valence-corrected chi connectivity index (χ0v) is 16.9. The summed E-state index contributed by atoms with van der Waals surface area (Å²) in [6, 6.07) is 13.0. The Morgan fingerprint density at radius 3 is 3.04 bits per heavy atom. The lowest BCUT2D eigenvalue weighted by Gasteiger charge is -2.20. The fourth-order valence-corrected chi connectivity index (χ4v) is 5.29. The number of pyridine rings is 1. The number of anilines is 1. The third-order valence-electron chi connectivity index (χ3n) is 6.50. The lowest BCUT2D eigenvalue weighted by molar-refractivity contribution is 0.620. The van der Waals surface area contributed by atoms with Gasteiger partial charge >= 0.3 is 0 Å². The first-order valence-corrected chi connectivity index (χ1v) is 10.5. The van der Waals surface area contributed by atoms with E-state index in [1.54, 1.807) is 17.3 Å². The summed E-state index contributed by atoms with van der Waals surface area (Å²) < 4.78 is 0. The Morgan fingerprint density at radius 2 is 2.18 bits per heavy atom. The summed E-state index contributed by atoms with van der Waals surface area (Å²) in [4.78, 5) is 11.1. The number of hydrogen-bond donors (Lipinski definition) is 2. The van der Waals surface area contributed by atoms with Gasteiger partial charge in [0.1, 0.15) is 5.82 Å². The first-order chi connectivity index (χ1) is 13.7. The summed E-state index contributed by atoms with van der Waals surface area (Å²) >= 11 is 6.30. The minimum absolute atomic E-state index is 0.351. The summed E-state index contributed by atoms with van der Waals surface area (Å²) in [5.74, 6) is 4.07. The summed E-state index contributed by atoms with van der Waals surface area (Å²) in [7, 11) is 1.85. The third kappa shape index (κ3) is 3.22. The normalized spacial score (nSPS) is 28.1. The fraction of sp³-hybridized carbons (Fsp3) is 0.455. The van der Waals surface area contributed by atoms with Gasteiger partial charge in [0.2, 0.25) is 0 Å². The van der Waals surface area contributed by atoms with Crippen LogP contribution >= 0.6 is 11.6 Å². The lowest BCUT2D eigenvalue weighted by atomic mass is 10.0. The van der Waals surface area contributed by atoms with Crippen molar-refractivity contribution in [1.82, 2.24) is 15.6 Å². The van der Waals surface area contributed by atoms with Crippen LogP contribution < -0.4 is 15.5 Å². The second kappa shape index (κ2) is 7.28. The number of aliphatic imine (C=N–C) groups is 1. The molecule has 6 heteroatoms. The molecule has 1 aromatic carbocycles. The zero-order chi connectivity index (χ0) is 19.1. The molecule has 1 aliphatic heterocycles. The van der Waals surface area contributed by atoms with Gasteiger partial charge in [-0.15, -0.1) is 0 Å². The van der Waals surface area contributed by atoms with Crippen LogP contribution in [0.3, 0.4) is 0 Å². The fourth-order valence-electron chi connectivity index (χ4n) is 5.05. The maximum Gasteiger partial charge on any atom is 0.191 e. The number of rotatable bonds is 4. The van der Waals surface area contributed by atoms with Crippen molar-refractivity contribution < 1.29 is 0 Å². The molecular weight excluding hydrogens is 370 g/mol. The van der Waals surface area contributed by atoms with Crippen molar-refractivity contribution in [3.63, 3.8) is 0 Å². The number of nitrogens with one attached hydrogen (secondary N) is 2. The summed E-state index contributed by atoms with van der Waals surface area (Å²) in [5, 5.41) is 7.86. The van der Waals surface area contributed by atoms with Crippen LogP contribution in [0.15, 0.2) is 47.6 Å². The van der Waals surface area contributed by atoms with Gasteiger partial charge in [-0.05, 0) is 53.9 Å². The number of nitrogens with zero attached hydrogens (tertiary/aromatic N) is 3. The van der Waals surface area contributed by atoms with Gasteiger partial charge in [-0.25, -0.2) is 4.98 Å². The van der Waals surface area contributed by atoms with Crippen LogP contribution in [0.1, 0.15) is 23.5 Å². The molecule has 2 heterocycles. The van der Waals surface area contributed by atoms with Gasteiger partial charge in [-0.2, -0.15) is 0 Å². The summed E-state index contributed by atoms with van der Waals surface area (Å²) in [5.41, 5.74) is 3.12. The molecule has 1 saturated heterocycles. The number of guanidine groups is 1. The maximum absolute atomic E-state index is 6.30. The summed E-state index contributed by atoms with van der Waals surface area (Å²) in [6.45, 7) is 2.83. The van der Waals surface area contributed by atoms with Crippen LogP contribution in [-0.4, -0.2) is 43.7 Å². The quantitative estimate of drug-likeness (QED) is 0.617. The van der Waals surface area contributed by atoms with Crippen molar-refractivity contribution in [1.29, 1.82) is 0 Å². The Bertz CT molecular complexity index is 898. The van der Waals surface area contributed by atoms with E-state index in [4.69, 9.17) is 11.6 Å². The number of halogens is 1. The topological polar surface area (TPSA) is 52.6 Å². The molecule has 0 radical (unpaired) electrons. The van der Waals surface area contributed by atoms with Gasteiger partial charge in [0, 0.05) is 38.9 Å². The molecule has 2 aliphatic carbocycles. The average Bonchev–Trinajstić information content (AvgIpc) is 3.05. The highest BCUT2D eigenvalue weighted by Gasteiger charge is 2.54. The Labute approximate surface area is 171 Å². The van der Waals surface area contributed by atoms with Crippen molar-refractivity contribution in [2.45, 2.75) is 24.8 Å². The predicted molar refractivity (Wildman–Crippen MR) is 114 cm³/mol. The van der Waals surface area contributed by atoms with Crippen molar-refractivity contribution in [3.05, 3.63) is 58.7 Å². The average molecular weight is 396 g/mol. The van der Waals surface area contributed by atoms with E-state index in [9.17, 15) is 0 Å². The van der Waals surface area contributed by atoms with Gasteiger partial charge in [0.05, 0.1) is 5.02 Å². The Balaban J connectivity index is 1.13. The van der Waals surface area contributed by atoms with Crippen LogP contribution in [0, 0.1) is 11.8 Å². The Morgan fingerprint density at radius 1 is 1.29 bits per heavy atom. The standard InChI is InChI=1S/C22H26ClN5/c1-24-22(26-12-18-17-11-14-5-2-3-6-16(14)20(17)18)27-15-8-10-28(13-15)21-19(23)7-4-9-25-21/h2-7,9,15,17-18,20H,8,10-13H2,1H3,(H2,24,26,27). The molecule has 0 spiro atoms. The molecule has 2 N–H and O–H groups in total. The highest BCUT2D eigenvalue weighted by molar-refractivity contribution is 6.32. The molecule has 4 atom stereocenters. The first kappa shape index (κ1) is 17.8. The molecule has 5 nitrogen and oxygen atoms in total. The van der Waals surface area contributed by atoms with E-state index < -0.39 is 0 Å². The molecular formula is C22H26ClN5. The van der Waals surface area contributed by atoms with Gasteiger partial charge in [-0.1, -0.05) is 35.9 Å².